The van der Waals surface area contributed by atoms with Crippen LogP contribution in [0, 0.1) is 5.82 Å². The molecule has 0 saturated carbocycles. The number of rotatable bonds is 5. The number of likely N-dealkylation sites (N-methyl/N-ethyl adjacent to an activating group) is 1. The summed E-state index contributed by atoms with van der Waals surface area (Å²) >= 11 is 10.7. The van der Waals surface area contributed by atoms with Gasteiger partial charge in [0.15, 0.2) is 0 Å². The summed E-state index contributed by atoms with van der Waals surface area (Å²) in [5, 5.41) is 0. The van der Waals surface area contributed by atoms with Crippen LogP contribution in [0.15, 0.2) is 34.8 Å². The fourth-order valence-corrected chi connectivity index (χ4v) is 3.59. The molecule has 6 heteroatoms. The number of thiophene rings is 1. The normalized spacial score (nSPS) is 12.9. The van der Waals surface area contributed by atoms with E-state index < -0.39 is 0 Å². The number of hydrogen-bond donors (Lipinski definition) is 1. The van der Waals surface area contributed by atoms with E-state index in [-0.39, 0.29) is 11.9 Å². The molecule has 0 aliphatic rings. The Kier molecular flexibility index (Phi) is 5.57. The van der Waals surface area contributed by atoms with Crippen LogP contribution in [0.2, 0.25) is 4.34 Å². The van der Waals surface area contributed by atoms with E-state index in [9.17, 15) is 4.39 Å². The van der Waals surface area contributed by atoms with E-state index in [0.717, 1.165) is 13.7 Å². The van der Waals surface area contributed by atoms with E-state index >= 15 is 0 Å². The van der Waals surface area contributed by atoms with Crippen molar-refractivity contribution in [2.45, 2.75) is 12.6 Å². The molecule has 2 rings (SSSR count). The van der Waals surface area contributed by atoms with E-state index in [0.29, 0.717) is 18.7 Å². The molecule has 0 bridgehead atoms. The second kappa shape index (κ2) is 7.00. The number of benzene rings is 1. The molecule has 2 nitrogen and oxygen atoms in total. The van der Waals surface area contributed by atoms with Crippen LogP contribution in [-0.4, -0.2) is 18.5 Å². The summed E-state index contributed by atoms with van der Waals surface area (Å²) in [5.74, 6) is -0.245. The van der Waals surface area contributed by atoms with Crippen molar-refractivity contribution in [2.24, 2.45) is 5.73 Å². The molecule has 2 aromatic rings. The van der Waals surface area contributed by atoms with Gasteiger partial charge in [0, 0.05) is 34.0 Å². The Morgan fingerprint density at radius 3 is 2.70 bits per heavy atom. The average molecular weight is 378 g/mol. The van der Waals surface area contributed by atoms with E-state index in [1.165, 1.54) is 17.4 Å². The molecular weight excluding hydrogens is 363 g/mol. The summed E-state index contributed by atoms with van der Waals surface area (Å²) in [4.78, 5) is 3.17. The predicted molar refractivity (Wildman–Crippen MR) is 86.7 cm³/mol. The molecule has 1 heterocycles. The van der Waals surface area contributed by atoms with E-state index in [1.54, 1.807) is 6.07 Å². The summed E-state index contributed by atoms with van der Waals surface area (Å²) in [6, 6.07) is 8.76. The Labute approximate surface area is 135 Å². The zero-order chi connectivity index (χ0) is 14.7. The number of halogens is 3. The summed E-state index contributed by atoms with van der Waals surface area (Å²) in [7, 11) is 1.94. The highest BCUT2D eigenvalue weighted by Crippen LogP contribution is 2.28. The monoisotopic (exact) mass is 376 g/mol. The molecule has 0 fully saturated rings. The maximum absolute atomic E-state index is 14.1. The molecule has 1 aromatic carbocycles. The third-order valence-electron chi connectivity index (χ3n) is 3.11. The minimum Gasteiger partial charge on any atom is -0.329 e. The summed E-state index contributed by atoms with van der Waals surface area (Å²) in [5.41, 5.74) is 6.44. The standard InChI is InChI=1S/C14H15BrClFN2S/c1-19(8-10-3-5-14(16)20-10)13(7-18)11-4-2-9(15)6-12(11)17/h2-6,13H,7-8,18H2,1H3. The number of nitrogens with two attached hydrogens (primary N) is 1. The van der Waals surface area contributed by atoms with Crippen molar-refractivity contribution < 1.29 is 4.39 Å². The van der Waals surface area contributed by atoms with Crippen LogP contribution in [0.4, 0.5) is 4.39 Å². The van der Waals surface area contributed by atoms with Gasteiger partial charge in [-0.15, -0.1) is 11.3 Å². The maximum atomic E-state index is 14.1. The van der Waals surface area contributed by atoms with Crippen molar-refractivity contribution in [1.29, 1.82) is 0 Å². The maximum Gasteiger partial charge on any atom is 0.129 e. The van der Waals surface area contributed by atoms with Crippen LogP contribution >= 0.6 is 38.9 Å². The van der Waals surface area contributed by atoms with Gasteiger partial charge in [-0.2, -0.15) is 0 Å². The molecule has 0 spiro atoms. The van der Waals surface area contributed by atoms with E-state index in [4.69, 9.17) is 17.3 Å². The van der Waals surface area contributed by atoms with Crippen molar-refractivity contribution in [3.05, 3.63) is 55.4 Å². The van der Waals surface area contributed by atoms with Gasteiger partial charge in [-0.25, -0.2) is 4.39 Å². The van der Waals surface area contributed by atoms with Crippen LogP contribution in [0.3, 0.4) is 0 Å². The van der Waals surface area contributed by atoms with Crippen molar-refractivity contribution in [3.63, 3.8) is 0 Å². The van der Waals surface area contributed by atoms with E-state index in [2.05, 4.69) is 15.9 Å². The zero-order valence-electron chi connectivity index (χ0n) is 10.9. The van der Waals surface area contributed by atoms with Crippen molar-refractivity contribution in [1.82, 2.24) is 4.90 Å². The highest BCUT2D eigenvalue weighted by atomic mass is 79.9. The lowest BCUT2D eigenvalue weighted by Gasteiger charge is -2.27. The van der Waals surface area contributed by atoms with Gasteiger partial charge in [-0.05, 0) is 31.3 Å². The predicted octanol–water partition coefficient (Wildman–Crippen LogP) is 4.43. The molecule has 0 saturated heterocycles. The van der Waals surface area contributed by atoms with E-state index in [1.807, 2.05) is 30.1 Å². The third kappa shape index (κ3) is 3.80. The average Bonchev–Trinajstić information content (AvgIpc) is 2.78. The fourth-order valence-electron chi connectivity index (χ4n) is 2.11. The third-order valence-corrected chi connectivity index (χ3v) is 4.82. The summed E-state index contributed by atoms with van der Waals surface area (Å²) in [6.07, 6.45) is 0. The first-order valence-corrected chi connectivity index (χ1v) is 8.09. The molecule has 0 aliphatic heterocycles. The topological polar surface area (TPSA) is 29.3 Å². The van der Waals surface area contributed by atoms with Gasteiger partial charge >= 0.3 is 0 Å². The van der Waals surface area contributed by atoms with Crippen molar-refractivity contribution in [2.75, 3.05) is 13.6 Å². The van der Waals surface area contributed by atoms with Crippen molar-refractivity contribution >= 4 is 38.9 Å². The highest BCUT2D eigenvalue weighted by Gasteiger charge is 2.19. The molecule has 0 radical (unpaired) electrons. The van der Waals surface area contributed by atoms with Crippen LogP contribution in [0.5, 0.6) is 0 Å². The minimum atomic E-state index is -0.245. The largest absolute Gasteiger partial charge is 0.329 e. The Morgan fingerprint density at radius 2 is 2.15 bits per heavy atom. The Morgan fingerprint density at radius 1 is 1.40 bits per heavy atom. The summed E-state index contributed by atoms with van der Waals surface area (Å²) in [6.45, 7) is 1.04. The number of nitrogens with zero attached hydrogens (tertiary/aromatic N) is 1. The highest BCUT2D eigenvalue weighted by molar-refractivity contribution is 9.10. The molecule has 0 aliphatic carbocycles. The molecule has 1 aromatic heterocycles. The molecule has 108 valence electrons. The van der Waals surface area contributed by atoms with Gasteiger partial charge in [-0.1, -0.05) is 33.6 Å². The molecular formula is C14H15BrClFN2S. The zero-order valence-corrected chi connectivity index (χ0v) is 14.1. The van der Waals surface area contributed by atoms with Gasteiger partial charge < -0.3 is 5.73 Å². The van der Waals surface area contributed by atoms with Gasteiger partial charge in [0.2, 0.25) is 0 Å². The quantitative estimate of drug-likeness (QED) is 0.835. The lowest BCUT2D eigenvalue weighted by Crippen LogP contribution is -2.30. The van der Waals surface area contributed by atoms with Gasteiger partial charge in [0.25, 0.3) is 0 Å². The SMILES string of the molecule is CN(Cc1ccc(Cl)s1)C(CN)c1ccc(Br)cc1F. The van der Waals surface area contributed by atoms with Crippen LogP contribution in [-0.2, 0) is 6.54 Å². The van der Waals surface area contributed by atoms with Crippen LogP contribution in [0.1, 0.15) is 16.5 Å². The first kappa shape index (κ1) is 15.9. The molecule has 20 heavy (non-hydrogen) atoms. The first-order valence-electron chi connectivity index (χ1n) is 6.10. The molecule has 0 amide bonds. The molecule has 1 unspecified atom stereocenters. The second-order valence-electron chi connectivity index (χ2n) is 4.54. The lowest BCUT2D eigenvalue weighted by molar-refractivity contribution is 0.238. The van der Waals surface area contributed by atoms with Gasteiger partial charge in [0.1, 0.15) is 5.82 Å². The summed E-state index contributed by atoms with van der Waals surface area (Å²) < 4.78 is 15.5. The Balaban J connectivity index is 2.18. The van der Waals surface area contributed by atoms with Crippen LogP contribution in [0.25, 0.3) is 0 Å². The first-order chi connectivity index (χ1) is 9.51. The van der Waals surface area contributed by atoms with Gasteiger partial charge in [-0.3, -0.25) is 4.90 Å². The number of hydrogen-bond acceptors (Lipinski definition) is 3. The lowest BCUT2D eigenvalue weighted by atomic mass is 10.1. The fraction of sp³-hybridized carbons (Fsp3) is 0.286. The van der Waals surface area contributed by atoms with Crippen molar-refractivity contribution in [3.8, 4) is 0 Å². The van der Waals surface area contributed by atoms with Crippen LogP contribution < -0.4 is 5.73 Å². The smallest absolute Gasteiger partial charge is 0.129 e. The minimum absolute atomic E-state index is 0.163. The Bertz CT molecular complexity index is 590. The molecule has 2 N–H and O–H groups in total. The Hall–Kier alpha value is -0.460. The van der Waals surface area contributed by atoms with Gasteiger partial charge in [0.05, 0.1) is 4.34 Å². The second-order valence-corrected chi connectivity index (χ2v) is 7.25. The molecule has 1 atom stereocenters.